The molecule has 0 fully saturated rings. The van der Waals surface area contributed by atoms with Gasteiger partial charge in [-0.2, -0.15) is 0 Å². The zero-order valence-electron chi connectivity index (χ0n) is 11.4. The second-order valence-corrected chi connectivity index (χ2v) is 4.27. The van der Waals surface area contributed by atoms with Gasteiger partial charge in [0.05, 0.1) is 25.6 Å². The Morgan fingerprint density at radius 3 is 2.45 bits per heavy atom. The maximum absolute atomic E-state index is 13.0. The molecular formula is C15H17FN2O2. The number of rotatable bonds is 5. The average molecular weight is 276 g/mol. The summed E-state index contributed by atoms with van der Waals surface area (Å²) in [6, 6.07) is 9.92. The standard InChI is InChI=1S/C15H17FN2O2/c1-19-14-6-3-10(7-15(14)20-2)9-18-13-5-4-11(16)8-12(13)17/h3-8,18H,9,17H2,1-2H3. The zero-order chi connectivity index (χ0) is 14.5. The van der Waals surface area contributed by atoms with Gasteiger partial charge >= 0.3 is 0 Å². The molecule has 106 valence electrons. The van der Waals surface area contributed by atoms with Crippen LogP contribution in [-0.2, 0) is 6.54 Å². The lowest BCUT2D eigenvalue weighted by Crippen LogP contribution is -2.03. The van der Waals surface area contributed by atoms with Crippen LogP contribution in [0.15, 0.2) is 36.4 Å². The quantitative estimate of drug-likeness (QED) is 0.824. The predicted octanol–water partition coefficient (Wildman–Crippen LogP) is 3.04. The van der Waals surface area contributed by atoms with Crippen molar-refractivity contribution in [2.75, 3.05) is 25.3 Å². The summed E-state index contributed by atoms with van der Waals surface area (Å²) in [5, 5.41) is 3.16. The molecule has 3 N–H and O–H groups in total. The van der Waals surface area contributed by atoms with Gasteiger partial charge in [0.25, 0.3) is 0 Å². The summed E-state index contributed by atoms with van der Waals surface area (Å²) < 4.78 is 23.4. The van der Waals surface area contributed by atoms with Crippen molar-refractivity contribution < 1.29 is 13.9 Å². The molecule has 0 radical (unpaired) electrons. The lowest BCUT2D eigenvalue weighted by molar-refractivity contribution is 0.354. The molecule has 0 spiro atoms. The van der Waals surface area contributed by atoms with Gasteiger partial charge in [-0.3, -0.25) is 0 Å². The third-order valence-corrected chi connectivity index (χ3v) is 2.94. The van der Waals surface area contributed by atoms with E-state index in [1.807, 2.05) is 18.2 Å². The number of hydrogen-bond acceptors (Lipinski definition) is 4. The number of anilines is 2. The van der Waals surface area contributed by atoms with Gasteiger partial charge in [-0.25, -0.2) is 4.39 Å². The molecule has 5 heteroatoms. The predicted molar refractivity (Wildman–Crippen MR) is 77.7 cm³/mol. The monoisotopic (exact) mass is 276 g/mol. The molecule has 4 nitrogen and oxygen atoms in total. The van der Waals surface area contributed by atoms with E-state index in [0.717, 1.165) is 5.56 Å². The second kappa shape index (κ2) is 6.14. The van der Waals surface area contributed by atoms with Gasteiger partial charge in [0.1, 0.15) is 5.82 Å². The highest BCUT2D eigenvalue weighted by molar-refractivity contribution is 5.66. The van der Waals surface area contributed by atoms with Gasteiger partial charge in [-0.1, -0.05) is 6.07 Å². The molecule has 2 aromatic carbocycles. The van der Waals surface area contributed by atoms with Gasteiger partial charge in [0, 0.05) is 6.54 Å². The Kier molecular flexibility index (Phi) is 4.30. The van der Waals surface area contributed by atoms with Crippen molar-refractivity contribution in [1.82, 2.24) is 0 Å². The van der Waals surface area contributed by atoms with E-state index < -0.39 is 0 Å². The van der Waals surface area contributed by atoms with E-state index in [2.05, 4.69) is 5.32 Å². The van der Waals surface area contributed by atoms with Gasteiger partial charge in [0.15, 0.2) is 11.5 Å². The van der Waals surface area contributed by atoms with Crippen molar-refractivity contribution in [3.8, 4) is 11.5 Å². The highest BCUT2D eigenvalue weighted by atomic mass is 19.1. The number of ether oxygens (including phenoxy) is 2. The first kappa shape index (κ1) is 14.0. The van der Waals surface area contributed by atoms with Gasteiger partial charge in [-0.05, 0) is 35.9 Å². The molecule has 0 aromatic heterocycles. The fourth-order valence-electron chi connectivity index (χ4n) is 1.88. The average Bonchev–Trinajstić information content (AvgIpc) is 2.46. The Morgan fingerprint density at radius 1 is 1.05 bits per heavy atom. The first-order valence-corrected chi connectivity index (χ1v) is 6.14. The van der Waals surface area contributed by atoms with Crippen molar-refractivity contribution in [2.24, 2.45) is 0 Å². The summed E-state index contributed by atoms with van der Waals surface area (Å²) in [5.41, 5.74) is 7.82. The molecule has 2 aromatic rings. The summed E-state index contributed by atoms with van der Waals surface area (Å²) in [5.74, 6) is 0.996. The molecule has 0 saturated heterocycles. The summed E-state index contributed by atoms with van der Waals surface area (Å²) >= 11 is 0. The molecule has 20 heavy (non-hydrogen) atoms. The molecule has 0 aliphatic rings. The number of halogens is 1. The minimum Gasteiger partial charge on any atom is -0.493 e. The van der Waals surface area contributed by atoms with Crippen molar-refractivity contribution >= 4 is 11.4 Å². The van der Waals surface area contributed by atoms with Crippen molar-refractivity contribution in [3.05, 3.63) is 47.8 Å². The molecule has 0 atom stereocenters. The highest BCUT2D eigenvalue weighted by Gasteiger charge is 2.05. The fourth-order valence-corrected chi connectivity index (χ4v) is 1.88. The Bertz CT molecular complexity index is 602. The third-order valence-electron chi connectivity index (χ3n) is 2.94. The van der Waals surface area contributed by atoms with E-state index in [1.165, 1.54) is 12.1 Å². The van der Waals surface area contributed by atoms with Crippen LogP contribution in [0.4, 0.5) is 15.8 Å². The van der Waals surface area contributed by atoms with Crippen LogP contribution in [0.1, 0.15) is 5.56 Å². The SMILES string of the molecule is COc1ccc(CNc2ccc(F)cc2N)cc1OC. The Hall–Kier alpha value is -2.43. The maximum atomic E-state index is 13.0. The molecule has 0 aliphatic heterocycles. The lowest BCUT2D eigenvalue weighted by Gasteiger charge is -2.12. The number of hydrogen-bond donors (Lipinski definition) is 2. The Balaban J connectivity index is 2.10. The number of methoxy groups -OCH3 is 2. The highest BCUT2D eigenvalue weighted by Crippen LogP contribution is 2.28. The number of nitrogens with one attached hydrogen (secondary N) is 1. The third kappa shape index (κ3) is 3.12. The molecule has 0 saturated carbocycles. The van der Waals surface area contributed by atoms with Crippen LogP contribution in [0.2, 0.25) is 0 Å². The second-order valence-electron chi connectivity index (χ2n) is 4.27. The largest absolute Gasteiger partial charge is 0.493 e. The van der Waals surface area contributed by atoms with Crippen LogP contribution in [-0.4, -0.2) is 14.2 Å². The Labute approximate surface area is 117 Å². The lowest BCUT2D eigenvalue weighted by atomic mass is 10.2. The number of benzene rings is 2. The molecular weight excluding hydrogens is 259 g/mol. The van der Waals surface area contributed by atoms with Crippen molar-refractivity contribution in [1.29, 1.82) is 0 Å². The van der Waals surface area contributed by atoms with Crippen LogP contribution in [0.3, 0.4) is 0 Å². The fraction of sp³-hybridized carbons (Fsp3) is 0.200. The van der Waals surface area contributed by atoms with E-state index in [1.54, 1.807) is 20.3 Å². The van der Waals surface area contributed by atoms with E-state index in [4.69, 9.17) is 15.2 Å². The summed E-state index contributed by atoms with van der Waals surface area (Å²) in [6.07, 6.45) is 0. The molecule has 0 unspecified atom stereocenters. The minimum absolute atomic E-state index is 0.348. The van der Waals surface area contributed by atoms with Crippen LogP contribution < -0.4 is 20.5 Å². The Morgan fingerprint density at radius 2 is 1.80 bits per heavy atom. The summed E-state index contributed by atoms with van der Waals surface area (Å²) in [7, 11) is 3.18. The topological polar surface area (TPSA) is 56.5 Å². The first-order valence-electron chi connectivity index (χ1n) is 6.14. The smallest absolute Gasteiger partial charge is 0.161 e. The first-order chi connectivity index (χ1) is 9.63. The molecule has 0 bridgehead atoms. The molecule has 0 aliphatic carbocycles. The van der Waals surface area contributed by atoms with Crippen molar-refractivity contribution in [2.45, 2.75) is 6.54 Å². The van der Waals surface area contributed by atoms with E-state index in [9.17, 15) is 4.39 Å². The number of nitrogens with two attached hydrogens (primary N) is 1. The molecule has 0 amide bonds. The van der Waals surface area contributed by atoms with Gasteiger partial charge in [-0.15, -0.1) is 0 Å². The minimum atomic E-state index is -0.348. The van der Waals surface area contributed by atoms with Crippen LogP contribution in [0.5, 0.6) is 11.5 Å². The van der Waals surface area contributed by atoms with Crippen LogP contribution >= 0.6 is 0 Å². The molecule has 0 heterocycles. The van der Waals surface area contributed by atoms with Crippen molar-refractivity contribution in [3.63, 3.8) is 0 Å². The van der Waals surface area contributed by atoms with E-state index >= 15 is 0 Å². The molecule has 2 rings (SSSR count). The van der Waals surface area contributed by atoms with Crippen LogP contribution in [0, 0.1) is 5.82 Å². The van der Waals surface area contributed by atoms with E-state index in [0.29, 0.717) is 29.4 Å². The maximum Gasteiger partial charge on any atom is 0.161 e. The van der Waals surface area contributed by atoms with Crippen LogP contribution in [0.25, 0.3) is 0 Å². The zero-order valence-corrected chi connectivity index (χ0v) is 11.4. The van der Waals surface area contributed by atoms with E-state index in [-0.39, 0.29) is 5.82 Å². The summed E-state index contributed by atoms with van der Waals surface area (Å²) in [4.78, 5) is 0. The normalized spacial score (nSPS) is 10.2. The summed E-state index contributed by atoms with van der Waals surface area (Å²) in [6.45, 7) is 0.552. The van der Waals surface area contributed by atoms with Gasteiger partial charge in [0.2, 0.25) is 0 Å². The number of nitrogen functional groups attached to an aromatic ring is 1. The van der Waals surface area contributed by atoms with Gasteiger partial charge < -0.3 is 20.5 Å².